The summed E-state index contributed by atoms with van der Waals surface area (Å²) in [5.74, 6) is 1.13. The second-order valence-corrected chi connectivity index (χ2v) is 4.84. The fourth-order valence-corrected chi connectivity index (χ4v) is 2.99. The average molecular weight is 248 g/mol. The normalized spacial score (nSPS) is 13.1. The van der Waals surface area contributed by atoms with Crippen molar-refractivity contribution in [1.29, 1.82) is 0 Å². The topological polar surface area (TPSA) is 39.2 Å². The molecule has 0 saturated carbocycles. The first-order chi connectivity index (χ1) is 9.42. The quantitative estimate of drug-likeness (QED) is 0.387. The predicted molar refractivity (Wildman–Crippen MR) is 68.7 cm³/mol. The van der Waals surface area contributed by atoms with Gasteiger partial charge in [0.1, 0.15) is 23.6 Å². The minimum absolute atomic E-state index is 0.871. The Hall–Kier alpha value is -2.69. The third kappa shape index (κ3) is 1.03. The van der Waals surface area contributed by atoms with Crippen LogP contribution in [0.15, 0.2) is 49.4 Å². The molecule has 0 aliphatic carbocycles. The maximum Gasteiger partial charge on any atom is 0.376 e. The molecule has 4 aromatic rings. The van der Waals surface area contributed by atoms with E-state index in [0.717, 1.165) is 17.8 Å². The molecule has 0 atom stereocenters. The van der Waals surface area contributed by atoms with Gasteiger partial charge in [-0.1, -0.05) is 0 Å². The Labute approximate surface area is 108 Å². The minimum Gasteiger partial charge on any atom is -0.264 e. The van der Waals surface area contributed by atoms with Gasteiger partial charge in [-0.15, -0.1) is 0 Å². The third-order valence-electron chi connectivity index (χ3n) is 3.81. The summed E-state index contributed by atoms with van der Waals surface area (Å²) < 4.78 is 6.58. The molecule has 0 amide bonds. The SMILES string of the molecule is c1cc2c(cn1)Cn1c-2c[n+]2cc3ccncn3c12. The average Bonchev–Trinajstić information content (AvgIpc) is 3.05. The lowest BCUT2D eigenvalue weighted by atomic mass is 10.1. The van der Waals surface area contributed by atoms with Crippen LogP contribution in [0.1, 0.15) is 5.56 Å². The Balaban J connectivity index is 1.94. The predicted octanol–water partition coefficient (Wildman–Crippen LogP) is 1.30. The Morgan fingerprint density at radius 2 is 2.05 bits per heavy atom. The van der Waals surface area contributed by atoms with Crippen molar-refractivity contribution in [3.63, 3.8) is 0 Å². The van der Waals surface area contributed by atoms with E-state index in [2.05, 4.69) is 41.8 Å². The molecule has 0 bridgehead atoms. The highest BCUT2D eigenvalue weighted by atomic mass is 15.2. The zero-order valence-electron chi connectivity index (χ0n) is 10.1. The summed E-state index contributed by atoms with van der Waals surface area (Å²) in [5, 5.41) is 0. The van der Waals surface area contributed by atoms with E-state index >= 15 is 0 Å². The molecule has 19 heavy (non-hydrogen) atoms. The molecule has 4 aromatic heterocycles. The second kappa shape index (κ2) is 3.00. The third-order valence-corrected chi connectivity index (χ3v) is 3.81. The van der Waals surface area contributed by atoms with Crippen LogP contribution < -0.4 is 4.40 Å². The van der Waals surface area contributed by atoms with Crippen molar-refractivity contribution >= 4 is 11.3 Å². The standard InChI is InChI=1S/C14H10N5/c1-3-16-9-19-11(1)7-17-8-13-12-2-4-15-5-10(12)6-18(13)14(17)19/h1-5,7-9H,6H2/q+1. The van der Waals surface area contributed by atoms with Gasteiger partial charge in [-0.2, -0.15) is 4.40 Å². The van der Waals surface area contributed by atoms with Gasteiger partial charge in [0.25, 0.3) is 0 Å². The summed E-state index contributed by atoms with van der Waals surface area (Å²) >= 11 is 0. The van der Waals surface area contributed by atoms with Gasteiger partial charge in [0.05, 0.1) is 6.54 Å². The number of nitrogens with zero attached hydrogens (tertiary/aromatic N) is 5. The second-order valence-electron chi connectivity index (χ2n) is 4.84. The van der Waals surface area contributed by atoms with Crippen LogP contribution in [0.3, 0.4) is 0 Å². The van der Waals surface area contributed by atoms with Crippen molar-refractivity contribution in [1.82, 2.24) is 18.9 Å². The van der Waals surface area contributed by atoms with Gasteiger partial charge in [0.15, 0.2) is 6.33 Å². The highest BCUT2D eigenvalue weighted by Gasteiger charge is 2.29. The van der Waals surface area contributed by atoms with Crippen molar-refractivity contribution in [3.05, 3.63) is 55.0 Å². The molecule has 1 aliphatic heterocycles. The van der Waals surface area contributed by atoms with Crippen LogP contribution in [0.2, 0.25) is 0 Å². The molecule has 1 aliphatic rings. The van der Waals surface area contributed by atoms with E-state index < -0.39 is 0 Å². The maximum absolute atomic E-state index is 4.21. The zero-order chi connectivity index (χ0) is 12.4. The molecule has 0 unspecified atom stereocenters. The molecule has 5 nitrogen and oxygen atoms in total. The number of hydrogen-bond acceptors (Lipinski definition) is 2. The lowest BCUT2D eigenvalue weighted by Crippen LogP contribution is -2.16. The minimum atomic E-state index is 0.871. The van der Waals surface area contributed by atoms with Crippen LogP contribution in [0.4, 0.5) is 0 Å². The van der Waals surface area contributed by atoms with Gasteiger partial charge in [-0.05, 0) is 12.1 Å². The molecule has 5 rings (SSSR count). The van der Waals surface area contributed by atoms with Crippen molar-refractivity contribution in [3.8, 4) is 11.3 Å². The highest BCUT2D eigenvalue weighted by molar-refractivity contribution is 5.69. The van der Waals surface area contributed by atoms with E-state index in [0.29, 0.717) is 0 Å². The van der Waals surface area contributed by atoms with Crippen LogP contribution in [-0.2, 0) is 6.54 Å². The fourth-order valence-electron chi connectivity index (χ4n) is 2.99. The lowest BCUT2D eigenvalue weighted by Gasteiger charge is -1.92. The van der Waals surface area contributed by atoms with Gasteiger partial charge >= 0.3 is 5.78 Å². The Morgan fingerprint density at radius 3 is 3.05 bits per heavy atom. The van der Waals surface area contributed by atoms with Crippen LogP contribution in [0, 0.1) is 0 Å². The van der Waals surface area contributed by atoms with Gasteiger partial charge in [-0.3, -0.25) is 4.98 Å². The van der Waals surface area contributed by atoms with Crippen LogP contribution >= 0.6 is 0 Å². The summed E-state index contributed by atoms with van der Waals surface area (Å²) in [7, 11) is 0. The Morgan fingerprint density at radius 1 is 1.11 bits per heavy atom. The monoisotopic (exact) mass is 248 g/mol. The van der Waals surface area contributed by atoms with Crippen molar-refractivity contribution < 1.29 is 4.40 Å². The van der Waals surface area contributed by atoms with Gasteiger partial charge in [0, 0.05) is 29.7 Å². The van der Waals surface area contributed by atoms with E-state index in [1.54, 1.807) is 0 Å². The number of rotatable bonds is 0. The molecule has 0 spiro atoms. The molecule has 0 aromatic carbocycles. The summed E-state index contributed by atoms with van der Waals surface area (Å²) in [4.78, 5) is 8.42. The Bertz CT molecular complexity index is 947. The number of hydrogen-bond donors (Lipinski definition) is 0. The number of pyridine rings is 1. The smallest absolute Gasteiger partial charge is 0.264 e. The van der Waals surface area contributed by atoms with E-state index in [-0.39, 0.29) is 0 Å². The first-order valence-electron chi connectivity index (χ1n) is 6.21. The molecule has 90 valence electrons. The van der Waals surface area contributed by atoms with Crippen LogP contribution in [0.5, 0.6) is 0 Å². The maximum atomic E-state index is 4.21. The lowest BCUT2D eigenvalue weighted by molar-refractivity contribution is -0.508. The molecule has 0 radical (unpaired) electrons. The van der Waals surface area contributed by atoms with Crippen molar-refractivity contribution in [2.75, 3.05) is 0 Å². The number of aromatic nitrogens is 5. The van der Waals surface area contributed by atoms with E-state index in [1.807, 2.05) is 31.0 Å². The molecule has 5 heterocycles. The zero-order valence-corrected chi connectivity index (χ0v) is 10.1. The largest absolute Gasteiger partial charge is 0.376 e. The van der Waals surface area contributed by atoms with E-state index in [9.17, 15) is 0 Å². The molecule has 0 N–H and O–H groups in total. The fraction of sp³-hybridized carbons (Fsp3) is 0.0714. The summed E-state index contributed by atoms with van der Waals surface area (Å²) in [5.41, 5.74) is 4.94. The Kier molecular flexibility index (Phi) is 1.46. The van der Waals surface area contributed by atoms with Crippen LogP contribution in [0.25, 0.3) is 22.6 Å². The van der Waals surface area contributed by atoms with Crippen molar-refractivity contribution in [2.45, 2.75) is 6.54 Å². The number of imidazole rings is 2. The van der Waals surface area contributed by atoms with Gasteiger partial charge < -0.3 is 0 Å². The molecule has 0 saturated heterocycles. The van der Waals surface area contributed by atoms with Crippen molar-refractivity contribution in [2.24, 2.45) is 0 Å². The van der Waals surface area contributed by atoms with Crippen LogP contribution in [-0.4, -0.2) is 18.9 Å². The summed E-state index contributed by atoms with van der Waals surface area (Å²) in [6.07, 6.45) is 11.8. The first kappa shape index (κ1) is 9.27. The van der Waals surface area contributed by atoms with Gasteiger partial charge in [0.2, 0.25) is 0 Å². The summed E-state index contributed by atoms with van der Waals surface area (Å²) in [6, 6.07) is 4.10. The van der Waals surface area contributed by atoms with E-state index in [1.165, 1.54) is 16.8 Å². The van der Waals surface area contributed by atoms with Gasteiger partial charge in [-0.25, -0.2) is 14.0 Å². The van der Waals surface area contributed by atoms with E-state index in [4.69, 9.17) is 0 Å². The molecule has 0 fully saturated rings. The molecular weight excluding hydrogens is 238 g/mol. The highest BCUT2D eigenvalue weighted by Crippen LogP contribution is 2.31. The first-order valence-corrected chi connectivity index (χ1v) is 6.21. The number of fused-ring (bicyclic) bond motifs is 7. The molecule has 5 heteroatoms. The summed E-state index contributed by atoms with van der Waals surface area (Å²) in [6.45, 7) is 0.871. The molecular formula is C14H10N5+.